The van der Waals surface area contributed by atoms with Crippen LogP contribution in [0, 0.1) is 6.92 Å². The lowest BCUT2D eigenvalue weighted by Crippen LogP contribution is -2.24. The van der Waals surface area contributed by atoms with E-state index in [0.29, 0.717) is 21.3 Å². The SMILES string of the molecule is Cc1c(Br)c(O)c(Br)c(O)c1/C=N/NC(=O)COc1cccc(Br)c1. The molecule has 0 atom stereocenters. The van der Waals surface area contributed by atoms with Crippen LogP contribution in [0.4, 0.5) is 0 Å². The number of hydrazone groups is 1. The predicted octanol–water partition coefficient (Wildman–Crippen LogP) is 4.22. The summed E-state index contributed by atoms with van der Waals surface area (Å²) in [7, 11) is 0. The summed E-state index contributed by atoms with van der Waals surface area (Å²) in [5, 5.41) is 23.7. The van der Waals surface area contributed by atoms with Crippen LogP contribution in [-0.2, 0) is 4.79 Å². The number of amides is 1. The Bertz CT molecular complexity index is 811. The van der Waals surface area contributed by atoms with E-state index in [1.165, 1.54) is 6.21 Å². The van der Waals surface area contributed by atoms with Crippen molar-refractivity contribution in [3.05, 3.63) is 48.8 Å². The van der Waals surface area contributed by atoms with Crippen molar-refractivity contribution in [2.24, 2.45) is 5.10 Å². The monoisotopic (exact) mass is 534 g/mol. The van der Waals surface area contributed by atoms with Crippen molar-refractivity contribution in [2.75, 3.05) is 6.61 Å². The maximum Gasteiger partial charge on any atom is 0.277 e. The van der Waals surface area contributed by atoms with Crippen molar-refractivity contribution in [3.8, 4) is 17.2 Å². The minimum absolute atomic E-state index is 0.112. The molecular formula is C16H13Br3N2O4. The molecule has 0 aliphatic rings. The topological polar surface area (TPSA) is 91.1 Å². The second kappa shape index (κ2) is 8.68. The Morgan fingerprint density at radius 2 is 1.96 bits per heavy atom. The lowest BCUT2D eigenvalue weighted by atomic mass is 10.1. The number of halogens is 3. The highest BCUT2D eigenvalue weighted by atomic mass is 79.9. The summed E-state index contributed by atoms with van der Waals surface area (Å²) in [6.07, 6.45) is 1.29. The highest BCUT2D eigenvalue weighted by Crippen LogP contribution is 2.43. The van der Waals surface area contributed by atoms with E-state index in [1.807, 2.05) is 6.07 Å². The maximum atomic E-state index is 11.8. The van der Waals surface area contributed by atoms with Crippen molar-refractivity contribution >= 4 is 59.9 Å². The van der Waals surface area contributed by atoms with Gasteiger partial charge in [0.15, 0.2) is 6.61 Å². The first-order chi connectivity index (χ1) is 11.8. The number of benzene rings is 2. The molecule has 1 amide bonds. The Kier molecular flexibility index (Phi) is 6.86. The van der Waals surface area contributed by atoms with Gasteiger partial charge in [0.1, 0.15) is 21.7 Å². The molecule has 132 valence electrons. The highest BCUT2D eigenvalue weighted by molar-refractivity contribution is 9.11. The van der Waals surface area contributed by atoms with Crippen LogP contribution in [-0.4, -0.2) is 28.9 Å². The van der Waals surface area contributed by atoms with Crippen molar-refractivity contribution < 1.29 is 19.7 Å². The van der Waals surface area contributed by atoms with E-state index in [1.54, 1.807) is 25.1 Å². The number of phenolic OH excluding ortho intramolecular Hbond substituents is 2. The molecule has 0 aromatic heterocycles. The largest absolute Gasteiger partial charge is 0.506 e. The van der Waals surface area contributed by atoms with Gasteiger partial charge in [-0.05, 0) is 62.5 Å². The Labute approximate surface area is 169 Å². The molecule has 9 heteroatoms. The maximum absolute atomic E-state index is 11.8. The Morgan fingerprint density at radius 1 is 1.24 bits per heavy atom. The van der Waals surface area contributed by atoms with Gasteiger partial charge in [-0.15, -0.1) is 0 Å². The van der Waals surface area contributed by atoms with Crippen LogP contribution in [0.3, 0.4) is 0 Å². The number of hydrogen-bond donors (Lipinski definition) is 3. The number of carbonyl (C=O) groups is 1. The number of ether oxygens (including phenoxy) is 1. The van der Waals surface area contributed by atoms with Crippen LogP contribution in [0.25, 0.3) is 0 Å². The summed E-state index contributed by atoms with van der Waals surface area (Å²) < 4.78 is 6.74. The number of nitrogens with one attached hydrogen (secondary N) is 1. The molecule has 0 saturated heterocycles. The van der Waals surface area contributed by atoms with Gasteiger partial charge < -0.3 is 14.9 Å². The smallest absolute Gasteiger partial charge is 0.277 e. The second-order valence-electron chi connectivity index (χ2n) is 4.90. The van der Waals surface area contributed by atoms with Gasteiger partial charge in [-0.2, -0.15) is 5.10 Å². The fourth-order valence-corrected chi connectivity index (χ4v) is 3.33. The molecule has 0 heterocycles. The molecule has 0 aliphatic heterocycles. The first kappa shape index (κ1) is 19.7. The first-order valence-electron chi connectivity index (χ1n) is 6.91. The van der Waals surface area contributed by atoms with Crippen molar-refractivity contribution in [1.82, 2.24) is 5.43 Å². The third-order valence-corrected chi connectivity index (χ3v) is 5.38. The summed E-state index contributed by atoms with van der Waals surface area (Å²) in [6, 6.07) is 7.11. The van der Waals surface area contributed by atoms with E-state index >= 15 is 0 Å². The van der Waals surface area contributed by atoms with Crippen molar-refractivity contribution in [2.45, 2.75) is 6.92 Å². The zero-order valence-corrected chi connectivity index (χ0v) is 17.6. The molecule has 0 saturated carbocycles. The average molecular weight is 537 g/mol. The number of carbonyl (C=O) groups excluding carboxylic acids is 1. The van der Waals surface area contributed by atoms with E-state index in [4.69, 9.17) is 4.74 Å². The third-order valence-electron chi connectivity index (χ3n) is 3.16. The molecule has 2 rings (SSSR count). The van der Waals surface area contributed by atoms with E-state index < -0.39 is 5.91 Å². The third kappa shape index (κ3) is 4.96. The quantitative estimate of drug-likeness (QED) is 0.394. The van der Waals surface area contributed by atoms with Crippen LogP contribution in [0.5, 0.6) is 17.2 Å². The van der Waals surface area contributed by atoms with Gasteiger partial charge in [0.2, 0.25) is 0 Å². The minimum atomic E-state index is -0.453. The molecular weight excluding hydrogens is 524 g/mol. The molecule has 2 aromatic carbocycles. The van der Waals surface area contributed by atoms with Crippen molar-refractivity contribution in [1.29, 1.82) is 0 Å². The summed E-state index contributed by atoms with van der Waals surface area (Å²) in [4.78, 5) is 11.8. The summed E-state index contributed by atoms with van der Waals surface area (Å²) in [5.41, 5.74) is 3.24. The molecule has 0 unspecified atom stereocenters. The van der Waals surface area contributed by atoms with E-state index in [0.717, 1.165) is 4.47 Å². The Balaban J connectivity index is 2.00. The summed E-state index contributed by atoms with van der Waals surface area (Å²) in [6.45, 7) is 1.48. The number of rotatable bonds is 5. The molecule has 0 aliphatic carbocycles. The van der Waals surface area contributed by atoms with Crippen LogP contribution < -0.4 is 10.2 Å². The van der Waals surface area contributed by atoms with Gasteiger partial charge in [-0.25, -0.2) is 5.43 Å². The van der Waals surface area contributed by atoms with Crippen LogP contribution in [0.2, 0.25) is 0 Å². The predicted molar refractivity (Wildman–Crippen MR) is 105 cm³/mol. The van der Waals surface area contributed by atoms with Crippen LogP contribution in [0.15, 0.2) is 42.8 Å². The molecule has 0 spiro atoms. The molecule has 0 radical (unpaired) electrons. The van der Waals surface area contributed by atoms with Gasteiger partial charge in [-0.3, -0.25) is 4.79 Å². The summed E-state index contributed by atoms with van der Waals surface area (Å²) >= 11 is 9.63. The van der Waals surface area contributed by atoms with Gasteiger partial charge in [-0.1, -0.05) is 22.0 Å². The Morgan fingerprint density at radius 3 is 2.64 bits per heavy atom. The fraction of sp³-hybridized carbons (Fsp3) is 0.125. The number of hydrogen-bond acceptors (Lipinski definition) is 5. The number of nitrogens with zero attached hydrogens (tertiary/aromatic N) is 1. The van der Waals surface area contributed by atoms with Gasteiger partial charge in [0.25, 0.3) is 5.91 Å². The Hall–Kier alpha value is -1.58. The molecule has 0 fully saturated rings. The van der Waals surface area contributed by atoms with Gasteiger partial charge in [0.05, 0.1) is 10.7 Å². The number of aromatic hydroxyl groups is 2. The summed E-state index contributed by atoms with van der Waals surface area (Å²) in [5.74, 6) is -0.196. The first-order valence-corrected chi connectivity index (χ1v) is 9.29. The van der Waals surface area contributed by atoms with Crippen LogP contribution >= 0.6 is 47.8 Å². The molecule has 3 N–H and O–H groups in total. The van der Waals surface area contributed by atoms with E-state index in [9.17, 15) is 15.0 Å². The lowest BCUT2D eigenvalue weighted by molar-refractivity contribution is -0.123. The molecule has 2 aromatic rings. The zero-order chi connectivity index (χ0) is 18.6. The van der Waals surface area contributed by atoms with Crippen molar-refractivity contribution in [3.63, 3.8) is 0 Å². The molecule has 25 heavy (non-hydrogen) atoms. The van der Waals surface area contributed by atoms with E-state index in [-0.39, 0.29) is 22.6 Å². The second-order valence-corrected chi connectivity index (χ2v) is 7.40. The highest BCUT2D eigenvalue weighted by Gasteiger charge is 2.17. The normalized spacial score (nSPS) is 10.9. The zero-order valence-electron chi connectivity index (χ0n) is 12.9. The standard InChI is InChI=1S/C16H13Br3N2O4/c1-8-11(15(23)14(19)16(24)13(8)18)6-20-21-12(22)7-25-10-4-2-3-9(17)5-10/h2-6,23-24H,7H2,1H3,(H,21,22)/b20-6+. The van der Waals surface area contributed by atoms with Crippen LogP contribution in [0.1, 0.15) is 11.1 Å². The van der Waals surface area contributed by atoms with Gasteiger partial charge in [0, 0.05) is 10.0 Å². The van der Waals surface area contributed by atoms with Gasteiger partial charge >= 0.3 is 0 Å². The lowest BCUT2D eigenvalue weighted by Gasteiger charge is -2.11. The molecule has 6 nitrogen and oxygen atoms in total. The van der Waals surface area contributed by atoms with E-state index in [2.05, 4.69) is 58.3 Å². The average Bonchev–Trinajstić information content (AvgIpc) is 2.59. The minimum Gasteiger partial charge on any atom is -0.506 e. The fourth-order valence-electron chi connectivity index (χ4n) is 1.86. The number of phenols is 2. The molecule has 0 bridgehead atoms.